The van der Waals surface area contributed by atoms with Crippen LogP contribution in [0.5, 0.6) is 0 Å². The molecule has 1 heterocycles. The number of nitrogens with zero attached hydrogens (tertiary/aromatic N) is 1. The minimum absolute atomic E-state index is 0.0333. The lowest BCUT2D eigenvalue weighted by Crippen LogP contribution is -2.13. The van der Waals surface area contributed by atoms with Gasteiger partial charge < -0.3 is 5.11 Å². The molecule has 0 aromatic rings. The molecule has 14 heavy (non-hydrogen) atoms. The predicted octanol–water partition coefficient (Wildman–Crippen LogP) is 2.78. The van der Waals surface area contributed by atoms with Crippen molar-refractivity contribution in [3.8, 4) is 0 Å². The SMILES string of the molecule is CCCCCCCCC1=CCC([O-])=N1. The molecule has 1 rings (SSSR count). The van der Waals surface area contributed by atoms with E-state index < -0.39 is 0 Å². The van der Waals surface area contributed by atoms with E-state index in [1.165, 1.54) is 38.5 Å². The van der Waals surface area contributed by atoms with E-state index in [1.807, 2.05) is 6.08 Å². The molecule has 80 valence electrons. The Morgan fingerprint density at radius 3 is 2.57 bits per heavy atom. The van der Waals surface area contributed by atoms with E-state index >= 15 is 0 Å². The molecule has 0 spiro atoms. The summed E-state index contributed by atoms with van der Waals surface area (Å²) >= 11 is 0. The van der Waals surface area contributed by atoms with Crippen molar-refractivity contribution < 1.29 is 5.11 Å². The van der Waals surface area contributed by atoms with Crippen LogP contribution in [0.3, 0.4) is 0 Å². The average molecular weight is 194 g/mol. The van der Waals surface area contributed by atoms with E-state index in [-0.39, 0.29) is 5.90 Å². The van der Waals surface area contributed by atoms with Gasteiger partial charge in [0.05, 0.1) is 0 Å². The molecule has 1 aliphatic rings. The highest BCUT2D eigenvalue weighted by molar-refractivity contribution is 5.76. The predicted molar refractivity (Wildman–Crippen MR) is 58.1 cm³/mol. The maximum Gasteiger partial charge on any atom is 0.0356 e. The standard InChI is InChI=1S/C12H21NO/c1-2-3-4-5-6-7-8-11-9-10-12(14)13-11/h9H,2-8,10H2,1H3,(H,13,14)/p-1. The second kappa shape index (κ2) is 6.63. The topological polar surface area (TPSA) is 35.4 Å². The number of hydrogen-bond acceptors (Lipinski definition) is 2. The highest BCUT2D eigenvalue weighted by Crippen LogP contribution is 2.16. The fraction of sp³-hybridized carbons (Fsp3) is 0.750. The smallest absolute Gasteiger partial charge is 0.0356 e. The quantitative estimate of drug-likeness (QED) is 0.574. The Morgan fingerprint density at radius 2 is 1.93 bits per heavy atom. The lowest BCUT2D eigenvalue weighted by Gasteiger charge is -2.01. The largest absolute Gasteiger partial charge is 0.861 e. The van der Waals surface area contributed by atoms with Crippen molar-refractivity contribution in [2.75, 3.05) is 0 Å². The van der Waals surface area contributed by atoms with Crippen molar-refractivity contribution in [1.29, 1.82) is 0 Å². The maximum absolute atomic E-state index is 10.8. The fourth-order valence-corrected chi connectivity index (χ4v) is 1.70. The second-order valence-corrected chi connectivity index (χ2v) is 3.92. The van der Waals surface area contributed by atoms with Crippen LogP contribution in [0, 0.1) is 0 Å². The van der Waals surface area contributed by atoms with Gasteiger partial charge in [0.2, 0.25) is 0 Å². The summed E-state index contributed by atoms with van der Waals surface area (Å²) in [5.74, 6) is 0.0333. The molecule has 0 fully saturated rings. The molecule has 0 aliphatic carbocycles. The van der Waals surface area contributed by atoms with Gasteiger partial charge in [-0.3, -0.25) is 4.99 Å². The van der Waals surface area contributed by atoms with E-state index in [4.69, 9.17) is 0 Å². The first kappa shape index (κ1) is 11.3. The van der Waals surface area contributed by atoms with Gasteiger partial charge in [-0.2, -0.15) is 0 Å². The molecule has 1 aliphatic heterocycles. The van der Waals surface area contributed by atoms with Crippen LogP contribution in [0.1, 0.15) is 58.3 Å². The molecule has 2 heteroatoms. The lowest BCUT2D eigenvalue weighted by molar-refractivity contribution is -0.217. The molecule has 0 saturated carbocycles. The zero-order chi connectivity index (χ0) is 10.2. The molecular formula is C12H20NO-. The Labute approximate surface area is 86.7 Å². The third-order valence-electron chi connectivity index (χ3n) is 2.57. The van der Waals surface area contributed by atoms with E-state index in [0.29, 0.717) is 6.42 Å². The van der Waals surface area contributed by atoms with E-state index in [1.54, 1.807) is 0 Å². The van der Waals surface area contributed by atoms with Crippen LogP contribution in [-0.4, -0.2) is 5.90 Å². The van der Waals surface area contributed by atoms with Gasteiger partial charge in [-0.15, -0.1) is 0 Å². The number of allylic oxidation sites excluding steroid dienone is 1. The fourth-order valence-electron chi connectivity index (χ4n) is 1.70. The van der Waals surface area contributed by atoms with E-state index in [9.17, 15) is 5.11 Å². The van der Waals surface area contributed by atoms with Crippen molar-refractivity contribution in [1.82, 2.24) is 0 Å². The van der Waals surface area contributed by atoms with Crippen molar-refractivity contribution in [2.24, 2.45) is 4.99 Å². The van der Waals surface area contributed by atoms with Crippen molar-refractivity contribution in [2.45, 2.75) is 58.3 Å². The first-order chi connectivity index (χ1) is 6.83. The molecule has 0 N–H and O–H groups in total. The summed E-state index contributed by atoms with van der Waals surface area (Å²) in [5.41, 5.74) is 1.02. The molecule has 0 aromatic carbocycles. The minimum Gasteiger partial charge on any atom is -0.861 e. The summed E-state index contributed by atoms with van der Waals surface area (Å²) in [4.78, 5) is 3.94. The summed E-state index contributed by atoms with van der Waals surface area (Å²) in [6, 6.07) is 0. The van der Waals surface area contributed by atoms with E-state index in [2.05, 4.69) is 11.9 Å². The monoisotopic (exact) mass is 194 g/mol. The van der Waals surface area contributed by atoms with Gasteiger partial charge >= 0.3 is 0 Å². The first-order valence-corrected chi connectivity index (χ1v) is 5.76. The van der Waals surface area contributed by atoms with E-state index in [0.717, 1.165) is 12.1 Å². The third-order valence-corrected chi connectivity index (χ3v) is 2.57. The number of hydrogen-bond donors (Lipinski definition) is 0. The maximum atomic E-state index is 10.8. The number of aliphatic imine (C=N–C) groups is 1. The Kier molecular flexibility index (Phi) is 5.35. The summed E-state index contributed by atoms with van der Waals surface area (Å²) in [6.07, 6.45) is 11.3. The molecule has 0 aromatic heterocycles. The van der Waals surface area contributed by atoms with Gasteiger partial charge in [0.1, 0.15) is 0 Å². The van der Waals surface area contributed by atoms with Crippen molar-refractivity contribution in [3.05, 3.63) is 11.8 Å². The highest BCUT2D eigenvalue weighted by atomic mass is 16.3. The molecule has 0 radical (unpaired) electrons. The molecule has 0 bridgehead atoms. The zero-order valence-corrected chi connectivity index (χ0v) is 9.09. The van der Waals surface area contributed by atoms with Gasteiger partial charge in [0.15, 0.2) is 0 Å². The molecule has 2 nitrogen and oxygen atoms in total. The Bertz CT molecular complexity index is 218. The average Bonchev–Trinajstić information content (AvgIpc) is 2.58. The lowest BCUT2D eigenvalue weighted by atomic mass is 10.1. The van der Waals surface area contributed by atoms with Gasteiger partial charge in [0.25, 0.3) is 0 Å². The molecule has 0 saturated heterocycles. The van der Waals surface area contributed by atoms with Crippen LogP contribution in [0.4, 0.5) is 0 Å². The number of unbranched alkanes of at least 4 members (excludes halogenated alkanes) is 5. The Morgan fingerprint density at radius 1 is 1.21 bits per heavy atom. The summed E-state index contributed by atoms with van der Waals surface area (Å²) in [6.45, 7) is 2.23. The molecular weight excluding hydrogens is 174 g/mol. The summed E-state index contributed by atoms with van der Waals surface area (Å²) < 4.78 is 0. The summed E-state index contributed by atoms with van der Waals surface area (Å²) in [7, 11) is 0. The normalized spacial score (nSPS) is 15.5. The van der Waals surface area contributed by atoms with Crippen LogP contribution in [0.2, 0.25) is 0 Å². The van der Waals surface area contributed by atoms with Gasteiger partial charge in [0, 0.05) is 5.70 Å². The van der Waals surface area contributed by atoms with Crippen LogP contribution < -0.4 is 5.11 Å². The molecule has 0 atom stereocenters. The summed E-state index contributed by atoms with van der Waals surface area (Å²) in [5, 5.41) is 10.8. The van der Waals surface area contributed by atoms with Crippen LogP contribution >= 0.6 is 0 Å². The van der Waals surface area contributed by atoms with Crippen LogP contribution in [0.25, 0.3) is 0 Å². The zero-order valence-electron chi connectivity index (χ0n) is 9.09. The highest BCUT2D eigenvalue weighted by Gasteiger charge is 2.00. The Hall–Kier alpha value is -0.790. The van der Waals surface area contributed by atoms with Gasteiger partial charge in [-0.25, -0.2) is 0 Å². The first-order valence-electron chi connectivity index (χ1n) is 5.76. The third kappa shape index (κ3) is 4.45. The Balaban J connectivity index is 1.94. The number of rotatable bonds is 7. The molecule has 0 amide bonds. The van der Waals surface area contributed by atoms with Crippen LogP contribution in [0.15, 0.2) is 16.8 Å². The van der Waals surface area contributed by atoms with Gasteiger partial charge in [-0.05, 0) is 25.2 Å². The van der Waals surface area contributed by atoms with Crippen molar-refractivity contribution >= 4 is 5.90 Å². The van der Waals surface area contributed by atoms with Crippen molar-refractivity contribution in [3.63, 3.8) is 0 Å². The van der Waals surface area contributed by atoms with Crippen LogP contribution in [-0.2, 0) is 0 Å². The molecule has 0 unspecified atom stereocenters. The minimum atomic E-state index is 0.0333. The second-order valence-electron chi connectivity index (χ2n) is 3.92. The van der Waals surface area contributed by atoms with Gasteiger partial charge in [-0.1, -0.05) is 45.1 Å².